The maximum absolute atomic E-state index is 3.60. The van der Waals surface area contributed by atoms with Crippen LogP contribution in [0.4, 0.5) is 0 Å². The molecule has 0 aliphatic rings. The highest BCUT2D eigenvalue weighted by Gasteiger charge is 2.05. The minimum Gasteiger partial charge on any atom is -0.309 e. The summed E-state index contributed by atoms with van der Waals surface area (Å²) in [7, 11) is 0. The smallest absolute Gasteiger partial charge is 0.0292 e. The normalized spacial score (nSPS) is 12.9. The Morgan fingerprint density at radius 1 is 1.11 bits per heavy atom. The number of likely N-dealkylation sites (N-methyl/N-ethyl adjacent to an activating group) is 1. The van der Waals surface area contributed by atoms with Gasteiger partial charge in [-0.2, -0.15) is 0 Å². The van der Waals surface area contributed by atoms with Crippen molar-refractivity contribution in [3.8, 4) is 0 Å². The Morgan fingerprint density at radius 2 is 1.78 bits per heavy atom. The molecule has 0 saturated carbocycles. The third-order valence-corrected chi connectivity index (χ3v) is 3.44. The van der Waals surface area contributed by atoms with Gasteiger partial charge in [0.15, 0.2) is 0 Å². The lowest BCUT2D eigenvalue weighted by molar-refractivity contribution is 0.284. The van der Waals surface area contributed by atoms with E-state index < -0.39 is 0 Å². The number of nitrogens with one attached hydrogen (secondary N) is 1. The van der Waals surface area contributed by atoms with Crippen LogP contribution in [-0.2, 0) is 0 Å². The molecule has 0 aliphatic carbocycles. The number of hydrogen-bond acceptors (Lipinski definition) is 2. The second kappa shape index (κ2) is 8.28. The fourth-order valence-corrected chi connectivity index (χ4v) is 2.16. The molecule has 1 rings (SSSR count). The van der Waals surface area contributed by atoms with E-state index in [-0.39, 0.29) is 0 Å². The van der Waals surface area contributed by atoms with Gasteiger partial charge >= 0.3 is 0 Å². The molecule has 0 amide bonds. The van der Waals surface area contributed by atoms with Gasteiger partial charge in [-0.05, 0) is 38.9 Å². The summed E-state index contributed by atoms with van der Waals surface area (Å²) < 4.78 is 0. The molecule has 0 fully saturated rings. The summed E-state index contributed by atoms with van der Waals surface area (Å²) >= 11 is 0. The molecule has 1 aromatic rings. The summed E-state index contributed by atoms with van der Waals surface area (Å²) in [6.45, 7) is 13.4. The fourth-order valence-electron chi connectivity index (χ4n) is 2.16. The predicted octanol–water partition coefficient (Wildman–Crippen LogP) is 3.38. The van der Waals surface area contributed by atoms with E-state index in [0.29, 0.717) is 6.04 Å². The van der Waals surface area contributed by atoms with E-state index in [0.717, 1.165) is 19.6 Å². The van der Waals surface area contributed by atoms with E-state index in [1.807, 2.05) is 0 Å². The summed E-state index contributed by atoms with van der Waals surface area (Å²) in [5.74, 6) is 0. The molecule has 1 aromatic carbocycles. The molecular weight excluding hydrogens is 220 g/mol. The number of rotatable bonds is 8. The molecular formula is C16H28N2. The van der Waals surface area contributed by atoms with Crippen molar-refractivity contribution in [3.63, 3.8) is 0 Å². The van der Waals surface area contributed by atoms with Gasteiger partial charge in [0.2, 0.25) is 0 Å². The average Bonchev–Trinajstić information content (AvgIpc) is 2.38. The Hall–Kier alpha value is -0.860. The Morgan fingerprint density at radius 3 is 2.33 bits per heavy atom. The monoisotopic (exact) mass is 248 g/mol. The maximum Gasteiger partial charge on any atom is 0.0292 e. The number of hydrogen-bond donors (Lipinski definition) is 1. The summed E-state index contributed by atoms with van der Waals surface area (Å²) in [5, 5.41) is 3.60. The first-order valence-electron chi connectivity index (χ1n) is 7.19. The van der Waals surface area contributed by atoms with Gasteiger partial charge in [0.25, 0.3) is 0 Å². The van der Waals surface area contributed by atoms with Crippen molar-refractivity contribution in [2.24, 2.45) is 0 Å². The van der Waals surface area contributed by atoms with Gasteiger partial charge in [-0.3, -0.25) is 0 Å². The predicted molar refractivity (Wildman–Crippen MR) is 80.0 cm³/mol. The molecule has 1 N–H and O–H groups in total. The quantitative estimate of drug-likeness (QED) is 0.759. The summed E-state index contributed by atoms with van der Waals surface area (Å²) in [6, 6.07) is 9.24. The van der Waals surface area contributed by atoms with E-state index in [1.54, 1.807) is 0 Å². The molecule has 1 atom stereocenters. The van der Waals surface area contributed by atoms with E-state index in [1.165, 1.54) is 24.1 Å². The van der Waals surface area contributed by atoms with Crippen molar-refractivity contribution >= 4 is 0 Å². The number of aryl methyl sites for hydroxylation is 1. The number of benzene rings is 1. The molecule has 1 unspecified atom stereocenters. The van der Waals surface area contributed by atoms with Crippen LogP contribution < -0.4 is 5.32 Å². The SMILES string of the molecule is CCCN(CC)CCNC(C)c1ccc(C)cc1. The van der Waals surface area contributed by atoms with E-state index >= 15 is 0 Å². The molecule has 0 heterocycles. The Bertz CT molecular complexity index is 318. The van der Waals surface area contributed by atoms with Crippen LogP contribution in [0.5, 0.6) is 0 Å². The molecule has 0 aromatic heterocycles. The van der Waals surface area contributed by atoms with Crippen LogP contribution in [0.3, 0.4) is 0 Å². The van der Waals surface area contributed by atoms with Crippen LogP contribution in [0.2, 0.25) is 0 Å². The highest BCUT2D eigenvalue weighted by atomic mass is 15.1. The third kappa shape index (κ3) is 5.19. The van der Waals surface area contributed by atoms with Crippen molar-refractivity contribution in [2.75, 3.05) is 26.2 Å². The number of nitrogens with zero attached hydrogens (tertiary/aromatic N) is 1. The molecule has 0 saturated heterocycles. The van der Waals surface area contributed by atoms with Gasteiger partial charge in [0, 0.05) is 19.1 Å². The first-order valence-corrected chi connectivity index (χ1v) is 7.19. The van der Waals surface area contributed by atoms with Crippen molar-refractivity contribution in [1.82, 2.24) is 10.2 Å². The fraction of sp³-hybridized carbons (Fsp3) is 0.625. The third-order valence-electron chi connectivity index (χ3n) is 3.44. The van der Waals surface area contributed by atoms with Crippen LogP contribution in [-0.4, -0.2) is 31.1 Å². The van der Waals surface area contributed by atoms with Gasteiger partial charge < -0.3 is 10.2 Å². The molecule has 2 heteroatoms. The molecule has 2 nitrogen and oxygen atoms in total. The topological polar surface area (TPSA) is 15.3 Å². The van der Waals surface area contributed by atoms with Gasteiger partial charge in [-0.25, -0.2) is 0 Å². The Kier molecular flexibility index (Phi) is 6.99. The first kappa shape index (κ1) is 15.2. The lowest BCUT2D eigenvalue weighted by atomic mass is 10.1. The highest BCUT2D eigenvalue weighted by molar-refractivity contribution is 5.23. The van der Waals surface area contributed by atoms with E-state index in [2.05, 4.69) is 62.2 Å². The van der Waals surface area contributed by atoms with Gasteiger partial charge in [0.1, 0.15) is 0 Å². The summed E-state index contributed by atoms with van der Waals surface area (Å²) in [5.41, 5.74) is 2.70. The Balaban J connectivity index is 2.32. The van der Waals surface area contributed by atoms with Crippen LogP contribution in [0.15, 0.2) is 24.3 Å². The summed E-state index contributed by atoms with van der Waals surface area (Å²) in [6.07, 6.45) is 1.24. The Labute approximate surface area is 112 Å². The highest BCUT2D eigenvalue weighted by Crippen LogP contribution is 2.12. The summed E-state index contributed by atoms with van der Waals surface area (Å²) in [4.78, 5) is 2.49. The van der Waals surface area contributed by atoms with Crippen LogP contribution in [0, 0.1) is 6.92 Å². The van der Waals surface area contributed by atoms with Crippen molar-refractivity contribution in [2.45, 2.75) is 40.2 Å². The molecule has 0 spiro atoms. The maximum atomic E-state index is 3.60. The zero-order valence-electron chi connectivity index (χ0n) is 12.4. The minimum atomic E-state index is 0.436. The van der Waals surface area contributed by atoms with Crippen LogP contribution in [0.1, 0.15) is 44.4 Å². The van der Waals surface area contributed by atoms with Gasteiger partial charge in [-0.1, -0.05) is 43.7 Å². The molecule has 0 aliphatic heterocycles. The largest absolute Gasteiger partial charge is 0.309 e. The van der Waals surface area contributed by atoms with Crippen molar-refractivity contribution in [1.29, 1.82) is 0 Å². The second-order valence-electron chi connectivity index (χ2n) is 5.02. The van der Waals surface area contributed by atoms with E-state index in [4.69, 9.17) is 0 Å². The standard InChI is InChI=1S/C16H28N2/c1-5-12-18(6-2)13-11-17-15(4)16-9-7-14(3)8-10-16/h7-10,15,17H,5-6,11-13H2,1-4H3. The zero-order chi connectivity index (χ0) is 13.4. The van der Waals surface area contributed by atoms with Gasteiger partial charge in [-0.15, -0.1) is 0 Å². The second-order valence-corrected chi connectivity index (χ2v) is 5.02. The molecule has 0 bridgehead atoms. The van der Waals surface area contributed by atoms with Crippen LogP contribution >= 0.6 is 0 Å². The molecule has 0 radical (unpaired) electrons. The lowest BCUT2D eigenvalue weighted by Crippen LogP contribution is -2.33. The van der Waals surface area contributed by atoms with Crippen molar-refractivity contribution in [3.05, 3.63) is 35.4 Å². The molecule has 18 heavy (non-hydrogen) atoms. The van der Waals surface area contributed by atoms with Crippen molar-refractivity contribution < 1.29 is 0 Å². The van der Waals surface area contributed by atoms with Gasteiger partial charge in [0.05, 0.1) is 0 Å². The zero-order valence-corrected chi connectivity index (χ0v) is 12.4. The first-order chi connectivity index (χ1) is 8.67. The lowest BCUT2D eigenvalue weighted by Gasteiger charge is -2.21. The average molecular weight is 248 g/mol. The molecule has 102 valence electrons. The minimum absolute atomic E-state index is 0.436. The van der Waals surface area contributed by atoms with Crippen LogP contribution in [0.25, 0.3) is 0 Å². The van der Waals surface area contributed by atoms with E-state index in [9.17, 15) is 0 Å².